The van der Waals surface area contributed by atoms with Gasteiger partial charge < -0.3 is 5.73 Å². The van der Waals surface area contributed by atoms with E-state index in [0.717, 1.165) is 5.56 Å². The number of nitrogens with two attached hydrogens (primary N) is 2. The number of aryl methyl sites for hydroxylation is 1. The zero-order valence-corrected chi connectivity index (χ0v) is 6.91. The lowest BCUT2D eigenvalue weighted by molar-refractivity contribution is 0.804. The number of rotatable bonds is 2. The van der Waals surface area contributed by atoms with Gasteiger partial charge in [-0.1, -0.05) is 29.8 Å². The molecule has 0 radical (unpaired) electrons. The van der Waals surface area contributed by atoms with Crippen molar-refractivity contribution in [3.63, 3.8) is 0 Å². The quantitative estimate of drug-likeness (QED) is 0.251. The van der Waals surface area contributed by atoms with Gasteiger partial charge in [-0.15, -0.1) is 5.10 Å². The number of amidine groups is 1. The highest BCUT2D eigenvalue weighted by molar-refractivity contribution is 5.97. The van der Waals surface area contributed by atoms with Gasteiger partial charge in [-0.25, -0.2) is 11.4 Å². The van der Waals surface area contributed by atoms with Crippen LogP contribution >= 0.6 is 0 Å². The van der Waals surface area contributed by atoms with Crippen molar-refractivity contribution in [1.82, 2.24) is 5.53 Å². The SMILES string of the molecule is Cc1ccc(/C(N)=N/NN)cc1. The Labute approximate surface area is 71.2 Å². The Balaban J connectivity index is 2.89. The standard InChI is InChI=1S/C8H12N4/c1-6-2-4-7(5-3-6)8(9)11-12-10/h2-5,12H,10H2,1H3,(H2,9,11). The summed E-state index contributed by atoms with van der Waals surface area (Å²) in [4.78, 5) is 0. The monoisotopic (exact) mass is 164 g/mol. The van der Waals surface area contributed by atoms with E-state index in [-0.39, 0.29) is 0 Å². The fourth-order valence-corrected chi connectivity index (χ4v) is 0.858. The third-order valence-corrected chi connectivity index (χ3v) is 1.53. The molecule has 0 bridgehead atoms. The van der Waals surface area contributed by atoms with Gasteiger partial charge in [-0.05, 0) is 6.92 Å². The highest BCUT2D eigenvalue weighted by Crippen LogP contribution is 2.01. The first kappa shape index (κ1) is 8.55. The second-order valence-electron chi connectivity index (χ2n) is 2.49. The molecule has 64 valence electrons. The van der Waals surface area contributed by atoms with Gasteiger partial charge in [0.05, 0.1) is 0 Å². The second kappa shape index (κ2) is 3.73. The first-order chi connectivity index (χ1) is 5.74. The van der Waals surface area contributed by atoms with Crippen LogP contribution in [0.4, 0.5) is 0 Å². The summed E-state index contributed by atoms with van der Waals surface area (Å²) in [5, 5.41) is 3.65. The number of hydrogen-bond acceptors (Lipinski definition) is 3. The lowest BCUT2D eigenvalue weighted by Gasteiger charge is -1.99. The molecule has 4 heteroatoms. The van der Waals surface area contributed by atoms with Gasteiger partial charge in [-0.2, -0.15) is 0 Å². The number of benzene rings is 1. The molecule has 0 spiro atoms. The number of hydrogen-bond donors (Lipinski definition) is 3. The van der Waals surface area contributed by atoms with E-state index in [1.807, 2.05) is 31.2 Å². The molecule has 0 heterocycles. The Hall–Kier alpha value is -1.55. The van der Waals surface area contributed by atoms with Crippen molar-refractivity contribution in [2.45, 2.75) is 6.92 Å². The van der Waals surface area contributed by atoms with Crippen molar-refractivity contribution in [3.05, 3.63) is 35.4 Å². The third-order valence-electron chi connectivity index (χ3n) is 1.53. The summed E-state index contributed by atoms with van der Waals surface area (Å²) in [7, 11) is 0. The molecule has 1 aromatic rings. The molecule has 1 aromatic carbocycles. The maximum absolute atomic E-state index is 5.56. The van der Waals surface area contributed by atoms with Crippen molar-refractivity contribution in [1.29, 1.82) is 0 Å². The molecular formula is C8H12N4. The van der Waals surface area contributed by atoms with Crippen LogP contribution in [-0.2, 0) is 0 Å². The van der Waals surface area contributed by atoms with Gasteiger partial charge in [0, 0.05) is 5.56 Å². The molecule has 0 amide bonds. The van der Waals surface area contributed by atoms with Crippen LogP contribution in [0.15, 0.2) is 29.4 Å². The molecule has 5 N–H and O–H groups in total. The van der Waals surface area contributed by atoms with E-state index >= 15 is 0 Å². The number of nitrogens with one attached hydrogen (secondary N) is 1. The molecule has 1 rings (SSSR count). The molecule has 0 atom stereocenters. The maximum Gasteiger partial charge on any atom is 0.152 e. The number of hydrazine groups is 1. The Morgan fingerprint density at radius 1 is 1.33 bits per heavy atom. The van der Waals surface area contributed by atoms with Gasteiger partial charge in [0.15, 0.2) is 5.84 Å². The van der Waals surface area contributed by atoms with Gasteiger partial charge in [-0.3, -0.25) is 0 Å². The fraction of sp³-hybridized carbons (Fsp3) is 0.125. The molecule has 0 aliphatic heterocycles. The fourth-order valence-electron chi connectivity index (χ4n) is 0.858. The van der Waals surface area contributed by atoms with E-state index < -0.39 is 0 Å². The summed E-state index contributed by atoms with van der Waals surface area (Å²) in [5.41, 5.74) is 9.75. The molecule has 0 aliphatic rings. The van der Waals surface area contributed by atoms with Crippen molar-refractivity contribution in [3.8, 4) is 0 Å². The van der Waals surface area contributed by atoms with Crippen LogP contribution in [-0.4, -0.2) is 5.84 Å². The van der Waals surface area contributed by atoms with E-state index in [4.69, 9.17) is 11.6 Å². The van der Waals surface area contributed by atoms with Gasteiger partial charge >= 0.3 is 0 Å². The van der Waals surface area contributed by atoms with Crippen LogP contribution in [0, 0.1) is 6.92 Å². The second-order valence-corrected chi connectivity index (χ2v) is 2.49. The molecule has 12 heavy (non-hydrogen) atoms. The lowest BCUT2D eigenvalue weighted by atomic mass is 10.1. The summed E-state index contributed by atoms with van der Waals surface area (Å²) in [6.45, 7) is 2.01. The first-order valence-electron chi connectivity index (χ1n) is 3.60. The lowest BCUT2D eigenvalue weighted by Crippen LogP contribution is -2.22. The molecule has 0 aliphatic carbocycles. The summed E-state index contributed by atoms with van der Waals surface area (Å²) in [6.07, 6.45) is 0. The Bertz CT molecular complexity index is 276. The summed E-state index contributed by atoms with van der Waals surface area (Å²) in [6, 6.07) is 7.72. The van der Waals surface area contributed by atoms with Crippen molar-refractivity contribution in [2.75, 3.05) is 0 Å². The molecule has 4 nitrogen and oxygen atoms in total. The van der Waals surface area contributed by atoms with Crippen LogP contribution in [0.3, 0.4) is 0 Å². The highest BCUT2D eigenvalue weighted by Gasteiger charge is 1.95. The molecule has 0 saturated heterocycles. The van der Waals surface area contributed by atoms with Gasteiger partial charge in [0.1, 0.15) is 0 Å². The molecule has 0 unspecified atom stereocenters. The highest BCUT2D eigenvalue weighted by atomic mass is 15.5. The molecule has 0 saturated carbocycles. The van der Waals surface area contributed by atoms with E-state index in [0.29, 0.717) is 5.84 Å². The maximum atomic E-state index is 5.56. The molecule has 0 fully saturated rings. The molecular weight excluding hydrogens is 152 g/mol. The average Bonchev–Trinajstić information content (AvgIpc) is 2.06. The predicted octanol–water partition coefficient (Wildman–Crippen LogP) is 0.0786. The zero-order chi connectivity index (χ0) is 8.97. The number of nitrogens with zero attached hydrogens (tertiary/aromatic N) is 1. The van der Waals surface area contributed by atoms with Gasteiger partial charge in [0.25, 0.3) is 0 Å². The summed E-state index contributed by atoms with van der Waals surface area (Å²) >= 11 is 0. The van der Waals surface area contributed by atoms with Crippen LogP contribution in [0.25, 0.3) is 0 Å². The first-order valence-corrected chi connectivity index (χ1v) is 3.60. The average molecular weight is 164 g/mol. The minimum Gasteiger partial charge on any atom is -0.382 e. The van der Waals surface area contributed by atoms with Crippen LogP contribution in [0.2, 0.25) is 0 Å². The van der Waals surface area contributed by atoms with E-state index in [1.165, 1.54) is 5.56 Å². The van der Waals surface area contributed by atoms with Crippen molar-refractivity contribution in [2.24, 2.45) is 16.7 Å². The van der Waals surface area contributed by atoms with E-state index in [2.05, 4.69) is 10.6 Å². The Morgan fingerprint density at radius 2 is 1.92 bits per heavy atom. The van der Waals surface area contributed by atoms with E-state index in [9.17, 15) is 0 Å². The van der Waals surface area contributed by atoms with Crippen molar-refractivity contribution < 1.29 is 0 Å². The molecule has 0 aromatic heterocycles. The topological polar surface area (TPSA) is 76.4 Å². The summed E-state index contributed by atoms with van der Waals surface area (Å²) < 4.78 is 0. The minimum atomic E-state index is 0.387. The Kier molecular flexibility index (Phi) is 2.66. The van der Waals surface area contributed by atoms with Crippen molar-refractivity contribution >= 4 is 5.84 Å². The van der Waals surface area contributed by atoms with Crippen LogP contribution < -0.4 is 17.1 Å². The third kappa shape index (κ3) is 1.96. The minimum absolute atomic E-state index is 0.387. The van der Waals surface area contributed by atoms with Crippen LogP contribution in [0.1, 0.15) is 11.1 Å². The summed E-state index contributed by atoms with van der Waals surface area (Å²) in [5.74, 6) is 5.37. The zero-order valence-electron chi connectivity index (χ0n) is 6.91. The van der Waals surface area contributed by atoms with E-state index in [1.54, 1.807) is 0 Å². The van der Waals surface area contributed by atoms with Crippen LogP contribution in [0.5, 0.6) is 0 Å². The number of hydrazone groups is 1. The smallest absolute Gasteiger partial charge is 0.152 e. The van der Waals surface area contributed by atoms with Gasteiger partial charge in [0.2, 0.25) is 0 Å². The predicted molar refractivity (Wildman–Crippen MR) is 49.2 cm³/mol. The normalized spacial score (nSPS) is 11.3. The largest absolute Gasteiger partial charge is 0.382 e. The Morgan fingerprint density at radius 3 is 2.42 bits per heavy atom.